The molecule has 1 aromatic carbocycles. The smallest absolute Gasteiger partial charge is 0.251 e. The molecule has 2 unspecified atom stereocenters. The molecule has 2 aliphatic heterocycles. The molecule has 0 bridgehead atoms. The number of hydrogen-bond acceptors (Lipinski definition) is 3. The Morgan fingerprint density at radius 2 is 1.93 bits per heavy atom. The van der Waals surface area contributed by atoms with Crippen LogP contribution in [0.15, 0.2) is 24.3 Å². The molecule has 1 aliphatic carbocycles. The van der Waals surface area contributed by atoms with Crippen molar-refractivity contribution < 1.29 is 14.4 Å². The molecule has 6 nitrogen and oxygen atoms in total. The number of nitrogens with one attached hydrogen (secondary N) is 1. The molecule has 6 heteroatoms. The lowest BCUT2D eigenvalue weighted by Gasteiger charge is -2.35. The normalized spacial score (nSPS) is 25.0. The van der Waals surface area contributed by atoms with Crippen molar-refractivity contribution in [2.24, 2.45) is 5.92 Å². The van der Waals surface area contributed by atoms with Gasteiger partial charge in [-0.3, -0.25) is 14.4 Å². The first kappa shape index (κ1) is 20.9. The van der Waals surface area contributed by atoms with Crippen molar-refractivity contribution in [3.8, 4) is 0 Å². The first-order valence-electron chi connectivity index (χ1n) is 11.5. The van der Waals surface area contributed by atoms with Crippen molar-refractivity contribution in [3.05, 3.63) is 35.4 Å². The number of rotatable bonds is 5. The van der Waals surface area contributed by atoms with E-state index in [1.54, 1.807) is 4.90 Å². The third-order valence-electron chi connectivity index (χ3n) is 6.75. The van der Waals surface area contributed by atoms with Gasteiger partial charge in [0.1, 0.15) is 0 Å². The van der Waals surface area contributed by atoms with Crippen LogP contribution in [0.3, 0.4) is 0 Å². The van der Waals surface area contributed by atoms with E-state index in [4.69, 9.17) is 0 Å². The fourth-order valence-corrected chi connectivity index (χ4v) is 4.76. The van der Waals surface area contributed by atoms with Gasteiger partial charge in [0.05, 0.1) is 5.92 Å². The third-order valence-corrected chi connectivity index (χ3v) is 6.75. The second-order valence-electron chi connectivity index (χ2n) is 9.02. The van der Waals surface area contributed by atoms with Gasteiger partial charge < -0.3 is 15.1 Å². The Kier molecular flexibility index (Phi) is 6.40. The molecule has 0 radical (unpaired) electrons. The van der Waals surface area contributed by atoms with Crippen LogP contribution in [0.5, 0.6) is 0 Å². The van der Waals surface area contributed by atoms with E-state index >= 15 is 0 Å². The van der Waals surface area contributed by atoms with Gasteiger partial charge in [-0.25, -0.2) is 0 Å². The van der Waals surface area contributed by atoms with Crippen LogP contribution in [0.4, 0.5) is 0 Å². The summed E-state index contributed by atoms with van der Waals surface area (Å²) in [6.07, 6.45) is 6.37. The molecule has 2 heterocycles. The number of benzene rings is 1. The summed E-state index contributed by atoms with van der Waals surface area (Å²) in [7, 11) is 0. The number of nitrogens with zero attached hydrogens (tertiary/aromatic N) is 2. The van der Waals surface area contributed by atoms with Crippen LogP contribution >= 0.6 is 0 Å². The van der Waals surface area contributed by atoms with Crippen LogP contribution in [-0.2, 0) is 9.59 Å². The quantitative estimate of drug-likeness (QED) is 0.810. The van der Waals surface area contributed by atoms with E-state index in [2.05, 4.69) is 11.4 Å². The summed E-state index contributed by atoms with van der Waals surface area (Å²) in [4.78, 5) is 41.7. The number of amides is 3. The molecule has 2 saturated heterocycles. The Bertz CT molecular complexity index is 805. The molecule has 1 aromatic rings. The van der Waals surface area contributed by atoms with Gasteiger partial charge in [0, 0.05) is 44.2 Å². The van der Waals surface area contributed by atoms with Crippen LogP contribution in [-0.4, -0.2) is 59.7 Å². The summed E-state index contributed by atoms with van der Waals surface area (Å²) in [5.74, 6) is 0.743. The van der Waals surface area contributed by atoms with Crippen LogP contribution in [0.25, 0.3) is 0 Å². The molecule has 1 N–H and O–H groups in total. The van der Waals surface area contributed by atoms with Gasteiger partial charge in [-0.2, -0.15) is 0 Å². The summed E-state index contributed by atoms with van der Waals surface area (Å²) in [5, 5.41) is 3.18. The molecule has 3 amide bonds. The van der Waals surface area contributed by atoms with E-state index in [1.165, 1.54) is 18.4 Å². The highest BCUT2D eigenvalue weighted by Gasteiger charge is 2.33. The van der Waals surface area contributed by atoms with E-state index < -0.39 is 0 Å². The van der Waals surface area contributed by atoms with Crippen molar-refractivity contribution in [2.75, 3.05) is 26.2 Å². The van der Waals surface area contributed by atoms with Crippen molar-refractivity contribution in [2.45, 2.75) is 63.8 Å². The summed E-state index contributed by atoms with van der Waals surface area (Å²) in [6, 6.07) is 7.94. The molecular weight excluding hydrogens is 378 g/mol. The van der Waals surface area contributed by atoms with E-state index in [9.17, 15) is 14.4 Å². The maximum atomic E-state index is 13.2. The van der Waals surface area contributed by atoms with Gasteiger partial charge in [0.2, 0.25) is 11.8 Å². The SMILES string of the molecule is CCN1CC(C(=O)N2CCCCC(NC(=O)c3cccc(C4CC4)c3)C2)CCC1=O. The standard InChI is InChI=1S/C24H33N3O3/c1-2-26-15-20(11-12-22(26)28)24(30)27-13-4-3-8-21(16-27)25-23(29)19-7-5-6-18(14-19)17-9-10-17/h5-7,14,17,20-21H,2-4,8-13,15-16H2,1H3,(H,25,29). The minimum atomic E-state index is -0.118. The molecular formula is C24H33N3O3. The average Bonchev–Trinajstić information content (AvgIpc) is 3.61. The molecule has 3 fully saturated rings. The first-order valence-corrected chi connectivity index (χ1v) is 11.5. The Morgan fingerprint density at radius 1 is 1.10 bits per heavy atom. The minimum Gasteiger partial charge on any atom is -0.348 e. The zero-order chi connectivity index (χ0) is 21.1. The van der Waals surface area contributed by atoms with Crippen molar-refractivity contribution in [1.29, 1.82) is 0 Å². The summed E-state index contributed by atoms with van der Waals surface area (Å²) >= 11 is 0. The molecule has 1 saturated carbocycles. The number of carbonyl (C=O) groups is 3. The largest absolute Gasteiger partial charge is 0.348 e. The van der Waals surface area contributed by atoms with E-state index in [1.807, 2.05) is 30.0 Å². The van der Waals surface area contributed by atoms with E-state index in [-0.39, 0.29) is 29.7 Å². The fraction of sp³-hybridized carbons (Fsp3) is 0.625. The van der Waals surface area contributed by atoms with Gasteiger partial charge in [0.25, 0.3) is 5.91 Å². The third kappa shape index (κ3) is 4.85. The zero-order valence-electron chi connectivity index (χ0n) is 17.9. The Hall–Kier alpha value is -2.37. The Balaban J connectivity index is 1.37. The average molecular weight is 412 g/mol. The maximum absolute atomic E-state index is 13.2. The second kappa shape index (κ2) is 9.19. The topological polar surface area (TPSA) is 69.7 Å². The van der Waals surface area contributed by atoms with Gasteiger partial charge in [-0.15, -0.1) is 0 Å². The van der Waals surface area contributed by atoms with Crippen molar-refractivity contribution >= 4 is 17.7 Å². The highest BCUT2D eigenvalue weighted by molar-refractivity contribution is 5.94. The van der Waals surface area contributed by atoms with Gasteiger partial charge in [-0.1, -0.05) is 12.1 Å². The highest BCUT2D eigenvalue weighted by atomic mass is 16.2. The zero-order valence-corrected chi connectivity index (χ0v) is 17.9. The molecule has 3 aliphatic rings. The monoisotopic (exact) mass is 411 g/mol. The summed E-state index contributed by atoms with van der Waals surface area (Å²) in [6.45, 7) is 4.43. The van der Waals surface area contributed by atoms with E-state index in [0.717, 1.165) is 25.8 Å². The van der Waals surface area contributed by atoms with Crippen LogP contribution in [0.2, 0.25) is 0 Å². The summed E-state index contributed by atoms with van der Waals surface area (Å²) in [5.41, 5.74) is 1.97. The predicted molar refractivity (Wildman–Crippen MR) is 115 cm³/mol. The summed E-state index contributed by atoms with van der Waals surface area (Å²) < 4.78 is 0. The van der Waals surface area contributed by atoms with Gasteiger partial charge in [-0.05, 0) is 69.1 Å². The number of piperidine rings is 1. The molecule has 0 aromatic heterocycles. The minimum absolute atomic E-state index is 0.0268. The number of hydrogen-bond donors (Lipinski definition) is 1. The maximum Gasteiger partial charge on any atom is 0.251 e. The first-order chi connectivity index (χ1) is 14.5. The van der Waals surface area contributed by atoms with Crippen LogP contribution in [0.1, 0.15) is 73.7 Å². The lowest BCUT2D eigenvalue weighted by molar-refractivity contribution is -0.143. The second-order valence-corrected chi connectivity index (χ2v) is 9.02. The van der Waals surface area contributed by atoms with Crippen molar-refractivity contribution in [1.82, 2.24) is 15.1 Å². The lowest BCUT2D eigenvalue weighted by atomic mass is 9.95. The Labute approximate surface area is 179 Å². The van der Waals surface area contributed by atoms with E-state index in [0.29, 0.717) is 44.0 Å². The molecule has 162 valence electrons. The van der Waals surface area contributed by atoms with Crippen molar-refractivity contribution in [3.63, 3.8) is 0 Å². The lowest BCUT2D eigenvalue weighted by Crippen LogP contribution is -2.50. The van der Waals surface area contributed by atoms with Gasteiger partial charge >= 0.3 is 0 Å². The van der Waals surface area contributed by atoms with Crippen LogP contribution < -0.4 is 5.32 Å². The van der Waals surface area contributed by atoms with Crippen LogP contribution in [0, 0.1) is 5.92 Å². The molecule has 2 atom stereocenters. The van der Waals surface area contributed by atoms with Gasteiger partial charge in [0.15, 0.2) is 0 Å². The Morgan fingerprint density at radius 3 is 2.70 bits per heavy atom. The predicted octanol–water partition coefficient (Wildman–Crippen LogP) is 2.93. The fourth-order valence-electron chi connectivity index (χ4n) is 4.76. The molecule has 0 spiro atoms. The number of likely N-dealkylation sites (tertiary alicyclic amines) is 2. The number of carbonyl (C=O) groups excluding carboxylic acids is 3. The molecule has 4 rings (SSSR count). The molecule has 30 heavy (non-hydrogen) atoms. The highest BCUT2D eigenvalue weighted by Crippen LogP contribution is 2.40.